The maximum absolute atomic E-state index is 12.4. The van der Waals surface area contributed by atoms with Gasteiger partial charge in [-0.1, -0.05) is 56.0 Å². The molecular weight excluding hydrogens is 298 g/mol. The van der Waals surface area contributed by atoms with Crippen LogP contribution in [-0.2, 0) is 20.4 Å². The zero-order valence-electron chi connectivity index (χ0n) is 13.1. The summed E-state index contributed by atoms with van der Waals surface area (Å²) < 4.78 is 24.8. The largest absolute Gasteiger partial charge is 0.352 e. The maximum atomic E-state index is 12.4. The summed E-state index contributed by atoms with van der Waals surface area (Å²) in [6, 6.07) is 9.13. The van der Waals surface area contributed by atoms with Gasteiger partial charge in [0.25, 0.3) is 0 Å². The molecule has 0 radical (unpaired) electrons. The molecule has 0 aliphatic heterocycles. The molecule has 0 heterocycles. The van der Waals surface area contributed by atoms with Gasteiger partial charge in [-0.25, -0.2) is 8.42 Å². The Kier molecular flexibility index (Phi) is 6.00. The van der Waals surface area contributed by atoms with Crippen LogP contribution in [-0.4, -0.2) is 25.6 Å². The molecule has 1 fully saturated rings. The summed E-state index contributed by atoms with van der Waals surface area (Å²) in [5, 5.41) is 1.93. The number of hydrogen-bond donors (Lipinski definition) is 1. The van der Waals surface area contributed by atoms with Crippen molar-refractivity contribution in [1.82, 2.24) is 5.32 Å². The van der Waals surface area contributed by atoms with Crippen molar-refractivity contribution in [3.8, 4) is 0 Å². The fraction of sp³-hybridized carbons (Fsp3) is 0.588. The molecule has 1 saturated carbocycles. The van der Waals surface area contributed by atoms with Gasteiger partial charge >= 0.3 is 0 Å². The van der Waals surface area contributed by atoms with Crippen LogP contribution in [0.5, 0.6) is 0 Å². The lowest BCUT2D eigenvalue weighted by Gasteiger charge is -2.19. The van der Waals surface area contributed by atoms with Gasteiger partial charge in [-0.05, 0) is 25.3 Å². The molecule has 1 amide bonds. The summed E-state index contributed by atoms with van der Waals surface area (Å²) >= 11 is 0. The fourth-order valence-corrected chi connectivity index (χ4v) is 4.14. The summed E-state index contributed by atoms with van der Waals surface area (Å²) in [4.78, 5) is 12.3. The van der Waals surface area contributed by atoms with Crippen molar-refractivity contribution in [3.05, 3.63) is 35.9 Å². The molecule has 122 valence electrons. The van der Waals surface area contributed by atoms with Crippen LogP contribution in [0.2, 0.25) is 0 Å². The topological polar surface area (TPSA) is 63.2 Å². The SMILES string of the molecule is CC(C(=O)NC1CCCCCC1)S(=O)(=O)Cc1ccccc1. The van der Waals surface area contributed by atoms with E-state index in [2.05, 4.69) is 5.32 Å². The van der Waals surface area contributed by atoms with Crippen LogP contribution < -0.4 is 5.32 Å². The number of sulfone groups is 1. The quantitative estimate of drug-likeness (QED) is 0.848. The standard InChI is InChI=1S/C17H25NO3S/c1-14(17(19)18-16-11-7-2-3-8-12-16)22(20,21)13-15-9-5-4-6-10-15/h4-6,9-10,14,16H,2-3,7-8,11-13H2,1H3,(H,18,19). The average molecular weight is 323 g/mol. The van der Waals surface area contributed by atoms with Gasteiger partial charge in [-0.2, -0.15) is 0 Å². The van der Waals surface area contributed by atoms with Gasteiger partial charge in [0.05, 0.1) is 5.75 Å². The molecule has 0 saturated heterocycles. The van der Waals surface area contributed by atoms with Crippen LogP contribution in [0.3, 0.4) is 0 Å². The van der Waals surface area contributed by atoms with Crippen molar-refractivity contribution in [2.45, 2.75) is 62.5 Å². The third kappa shape index (κ3) is 4.83. The Hall–Kier alpha value is -1.36. The molecule has 1 unspecified atom stereocenters. The Labute approximate surface area is 133 Å². The third-order valence-corrected chi connectivity index (χ3v) is 6.35. The molecule has 0 aromatic heterocycles. The van der Waals surface area contributed by atoms with E-state index in [1.54, 1.807) is 24.3 Å². The highest BCUT2D eigenvalue weighted by Gasteiger charge is 2.29. The van der Waals surface area contributed by atoms with E-state index in [1.165, 1.54) is 19.8 Å². The van der Waals surface area contributed by atoms with Gasteiger partial charge in [0.15, 0.2) is 9.84 Å². The Morgan fingerprint density at radius 2 is 1.73 bits per heavy atom. The molecular formula is C17H25NO3S. The first-order valence-electron chi connectivity index (χ1n) is 8.05. The smallest absolute Gasteiger partial charge is 0.238 e. The molecule has 0 bridgehead atoms. The first-order chi connectivity index (χ1) is 10.5. The van der Waals surface area contributed by atoms with Gasteiger partial charge in [0, 0.05) is 6.04 Å². The predicted octanol–water partition coefficient (Wildman–Crippen LogP) is 2.83. The minimum absolute atomic E-state index is 0.0902. The Bertz CT molecular complexity index is 575. The highest BCUT2D eigenvalue weighted by molar-refractivity contribution is 7.92. The van der Waals surface area contributed by atoms with E-state index in [9.17, 15) is 13.2 Å². The molecule has 1 atom stereocenters. The summed E-state index contributed by atoms with van der Waals surface area (Å²) in [6.45, 7) is 1.49. The maximum Gasteiger partial charge on any atom is 0.238 e. The average Bonchev–Trinajstić information content (AvgIpc) is 2.75. The minimum atomic E-state index is -3.48. The zero-order valence-corrected chi connectivity index (χ0v) is 13.9. The van der Waals surface area contributed by atoms with E-state index in [0.29, 0.717) is 0 Å². The van der Waals surface area contributed by atoms with E-state index >= 15 is 0 Å². The Morgan fingerprint density at radius 1 is 1.14 bits per heavy atom. The zero-order chi connectivity index (χ0) is 16.0. The van der Waals surface area contributed by atoms with Crippen LogP contribution in [0.15, 0.2) is 30.3 Å². The van der Waals surface area contributed by atoms with Crippen molar-refractivity contribution in [3.63, 3.8) is 0 Å². The normalized spacial score (nSPS) is 18.4. The Balaban J connectivity index is 1.96. The molecule has 1 aliphatic rings. The fourth-order valence-electron chi connectivity index (χ4n) is 2.84. The molecule has 5 heteroatoms. The molecule has 22 heavy (non-hydrogen) atoms. The number of carbonyl (C=O) groups is 1. The molecule has 4 nitrogen and oxygen atoms in total. The Morgan fingerprint density at radius 3 is 2.32 bits per heavy atom. The van der Waals surface area contributed by atoms with E-state index in [0.717, 1.165) is 31.2 Å². The van der Waals surface area contributed by atoms with Crippen molar-refractivity contribution in [2.24, 2.45) is 0 Å². The van der Waals surface area contributed by atoms with Crippen LogP contribution in [0.4, 0.5) is 0 Å². The lowest BCUT2D eigenvalue weighted by atomic mass is 10.1. The molecule has 0 spiro atoms. The summed E-state index contributed by atoms with van der Waals surface area (Å²) in [7, 11) is -3.48. The minimum Gasteiger partial charge on any atom is -0.352 e. The van der Waals surface area contributed by atoms with Crippen molar-refractivity contribution >= 4 is 15.7 Å². The highest BCUT2D eigenvalue weighted by atomic mass is 32.2. The van der Waals surface area contributed by atoms with Crippen LogP contribution in [0.25, 0.3) is 0 Å². The highest BCUT2D eigenvalue weighted by Crippen LogP contribution is 2.18. The van der Waals surface area contributed by atoms with E-state index in [1.807, 2.05) is 6.07 Å². The lowest BCUT2D eigenvalue weighted by Crippen LogP contribution is -2.43. The van der Waals surface area contributed by atoms with E-state index < -0.39 is 15.1 Å². The number of hydrogen-bond acceptors (Lipinski definition) is 3. The van der Waals surface area contributed by atoms with Crippen LogP contribution in [0, 0.1) is 0 Å². The number of rotatable bonds is 5. The predicted molar refractivity (Wildman–Crippen MR) is 88.2 cm³/mol. The molecule has 1 aromatic rings. The molecule has 1 N–H and O–H groups in total. The first kappa shape index (κ1) is 17.0. The van der Waals surface area contributed by atoms with Gasteiger partial charge in [0.1, 0.15) is 5.25 Å². The third-order valence-electron chi connectivity index (χ3n) is 4.32. The number of nitrogens with one attached hydrogen (secondary N) is 1. The monoisotopic (exact) mass is 323 g/mol. The first-order valence-corrected chi connectivity index (χ1v) is 9.76. The second-order valence-corrected chi connectivity index (χ2v) is 8.45. The number of amides is 1. The van der Waals surface area contributed by atoms with Gasteiger partial charge in [0.2, 0.25) is 5.91 Å². The van der Waals surface area contributed by atoms with Crippen molar-refractivity contribution in [2.75, 3.05) is 0 Å². The number of benzene rings is 1. The van der Waals surface area contributed by atoms with Gasteiger partial charge in [-0.15, -0.1) is 0 Å². The van der Waals surface area contributed by atoms with Crippen molar-refractivity contribution in [1.29, 1.82) is 0 Å². The summed E-state index contributed by atoms with van der Waals surface area (Å²) in [5.41, 5.74) is 0.719. The van der Waals surface area contributed by atoms with E-state index in [4.69, 9.17) is 0 Å². The summed E-state index contributed by atoms with van der Waals surface area (Å²) in [6.07, 6.45) is 6.53. The molecule has 1 aliphatic carbocycles. The second kappa shape index (κ2) is 7.77. The van der Waals surface area contributed by atoms with Crippen LogP contribution >= 0.6 is 0 Å². The molecule has 1 aromatic carbocycles. The molecule has 2 rings (SSSR count). The number of carbonyl (C=O) groups excluding carboxylic acids is 1. The van der Waals surface area contributed by atoms with Gasteiger partial charge in [-0.3, -0.25) is 4.79 Å². The lowest BCUT2D eigenvalue weighted by molar-refractivity contribution is -0.121. The summed E-state index contributed by atoms with van der Waals surface area (Å²) in [5.74, 6) is -0.449. The second-order valence-electron chi connectivity index (χ2n) is 6.13. The van der Waals surface area contributed by atoms with Crippen molar-refractivity contribution < 1.29 is 13.2 Å². The van der Waals surface area contributed by atoms with Gasteiger partial charge < -0.3 is 5.32 Å². The van der Waals surface area contributed by atoms with E-state index in [-0.39, 0.29) is 17.7 Å². The van der Waals surface area contributed by atoms with Crippen LogP contribution in [0.1, 0.15) is 51.0 Å².